The molecule has 2 amide bonds. The van der Waals surface area contributed by atoms with Crippen LogP contribution in [-0.2, 0) is 9.47 Å². The molecule has 9 nitrogen and oxygen atoms in total. The minimum atomic E-state index is -0.431. The van der Waals surface area contributed by atoms with Crippen LogP contribution in [0.3, 0.4) is 0 Å². The summed E-state index contributed by atoms with van der Waals surface area (Å²) in [5.41, 5.74) is 6.46. The van der Waals surface area contributed by atoms with Crippen molar-refractivity contribution in [1.82, 2.24) is 15.5 Å². The molecule has 0 aromatic heterocycles. The highest BCUT2D eigenvalue weighted by Crippen LogP contribution is 2.29. The number of hydrogen-bond acceptors (Lipinski definition) is 7. The summed E-state index contributed by atoms with van der Waals surface area (Å²) in [6, 6.07) is 2.90. The first-order valence-corrected chi connectivity index (χ1v) is 9.80. The molecule has 1 fully saturated rings. The zero-order valence-electron chi connectivity index (χ0n) is 17.0. The van der Waals surface area contributed by atoms with E-state index >= 15 is 0 Å². The van der Waals surface area contributed by atoms with Crippen LogP contribution in [0.4, 0.5) is 10.5 Å². The third kappa shape index (κ3) is 6.38. The van der Waals surface area contributed by atoms with Crippen molar-refractivity contribution in [3.63, 3.8) is 0 Å². The highest BCUT2D eigenvalue weighted by atomic mass is 35.5. The summed E-state index contributed by atoms with van der Waals surface area (Å²) >= 11 is 6.07. The van der Waals surface area contributed by atoms with E-state index in [1.165, 1.54) is 26.3 Å². The molecule has 0 bridgehead atoms. The van der Waals surface area contributed by atoms with E-state index in [1.54, 1.807) is 7.11 Å². The van der Waals surface area contributed by atoms with Crippen LogP contribution >= 0.6 is 11.6 Å². The van der Waals surface area contributed by atoms with Crippen molar-refractivity contribution in [3.8, 4) is 5.75 Å². The first-order chi connectivity index (χ1) is 13.9. The Kier molecular flexibility index (Phi) is 8.81. The summed E-state index contributed by atoms with van der Waals surface area (Å²) in [4.78, 5) is 26.1. The summed E-state index contributed by atoms with van der Waals surface area (Å²) < 4.78 is 15.9. The molecule has 1 aromatic carbocycles. The fraction of sp³-hybridized carbons (Fsp3) is 0.579. The molecular formula is C19H29ClN4O5. The van der Waals surface area contributed by atoms with Crippen molar-refractivity contribution in [3.05, 3.63) is 22.7 Å². The van der Waals surface area contributed by atoms with Crippen molar-refractivity contribution in [1.29, 1.82) is 0 Å². The van der Waals surface area contributed by atoms with E-state index in [0.29, 0.717) is 35.2 Å². The second-order valence-electron chi connectivity index (χ2n) is 6.76. The van der Waals surface area contributed by atoms with E-state index in [9.17, 15) is 9.59 Å². The first-order valence-electron chi connectivity index (χ1n) is 9.43. The van der Waals surface area contributed by atoms with Crippen LogP contribution in [-0.4, -0.2) is 76.6 Å². The Morgan fingerprint density at radius 3 is 2.76 bits per heavy atom. The number of ether oxygens (including phenoxy) is 3. The van der Waals surface area contributed by atoms with Crippen molar-refractivity contribution >= 4 is 29.3 Å². The number of halogens is 1. The lowest BCUT2D eigenvalue weighted by atomic mass is 10.0. The second kappa shape index (κ2) is 11.1. The fourth-order valence-corrected chi connectivity index (χ4v) is 3.44. The maximum Gasteiger partial charge on any atom is 0.406 e. The van der Waals surface area contributed by atoms with Gasteiger partial charge in [-0.25, -0.2) is 4.79 Å². The molecule has 0 unspecified atom stereocenters. The van der Waals surface area contributed by atoms with Gasteiger partial charge in [-0.3, -0.25) is 4.79 Å². The summed E-state index contributed by atoms with van der Waals surface area (Å²) in [5, 5.41) is 5.73. The van der Waals surface area contributed by atoms with Gasteiger partial charge in [0, 0.05) is 39.9 Å². The summed E-state index contributed by atoms with van der Waals surface area (Å²) in [6.07, 6.45) is 0.857. The second-order valence-corrected chi connectivity index (χ2v) is 7.16. The van der Waals surface area contributed by atoms with E-state index < -0.39 is 6.09 Å². The number of benzene rings is 1. The quantitative estimate of drug-likeness (QED) is 0.424. The number of nitrogens with one attached hydrogen (secondary N) is 2. The van der Waals surface area contributed by atoms with Gasteiger partial charge in [0.05, 0.1) is 42.1 Å². The lowest BCUT2D eigenvalue weighted by Gasteiger charge is -2.38. The van der Waals surface area contributed by atoms with Crippen LogP contribution in [0.15, 0.2) is 12.1 Å². The van der Waals surface area contributed by atoms with Crippen LogP contribution in [0.1, 0.15) is 23.2 Å². The van der Waals surface area contributed by atoms with E-state index in [2.05, 4.69) is 15.5 Å². The number of carbonyl (C=O) groups excluding carboxylic acids is 2. The molecular weight excluding hydrogens is 400 g/mol. The lowest BCUT2D eigenvalue weighted by molar-refractivity contribution is 0.00476. The molecule has 1 aromatic rings. The molecule has 1 saturated heterocycles. The van der Waals surface area contributed by atoms with E-state index in [4.69, 9.17) is 31.5 Å². The molecule has 2 atom stereocenters. The Balaban J connectivity index is 1.91. The van der Waals surface area contributed by atoms with Crippen LogP contribution in [0.2, 0.25) is 5.02 Å². The Morgan fingerprint density at radius 1 is 1.34 bits per heavy atom. The Morgan fingerprint density at radius 2 is 2.10 bits per heavy atom. The zero-order chi connectivity index (χ0) is 21.4. The van der Waals surface area contributed by atoms with Gasteiger partial charge in [-0.15, -0.1) is 0 Å². The number of piperidine rings is 1. The number of hydrogen-bond donors (Lipinski definition) is 3. The minimum absolute atomic E-state index is 0.146. The van der Waals surface area contributed by atoms with Crippen LogP contribution in [0.25, 0.3) is 0 Å². The molecule has 162 valence electrons. The third-order valence-electron chi connectivity index (χ3n) is 4.88. The Labute approximate surface area is 175 Å². The summed E-state index contributed by atoms with van der Waals surface area (Å²) in [7, 11) is 4.63. The predicted octanol–water partition coefficient (Wildman–Crippen LogP) is 1.50. The van der Waals surface area contributed by atoms with E-state index in [0.717, 1.165) is 25.9 Å². The topological polar surface area (TPSA) is 115 Å². The normalized spacial score (nSPS) is 19.4. The van der Waals surface area contributed by atoms with Gasteiger partial charge < -0.3 is 35.5 Å². The minimum Gasteiger partial charge on any atom is -0.496 e. The van der Waals surface area contributed by atoms with Crippen LogP contribution in [0.5, 0.6) is 5.75 Å². The molecule has 0 spiro atoms. The number of alkyl carbamates (subject to hydrolysis) is 1. The largest absolute Gasteiger partial charge is 0.496 e. The van der Waals surface area contributed by atoms with Gasteiger partial charge in [-0.1, -0.05) is 11.6 Å². The SMILES string of the molecule is CNC(=O)OCCCN1CC[C@H](NC(=O)c2cc(Cl)c(N)cc2OC)[C@H](OC)C1. The Bertz CT molecular complexity index is 718. The number of nitrogens with zero attached hydrogens (tertiary/aromatic N) is 1. The van der Waals surface area contributed by atoms with Crippen molar-refractivity contribution in [2.45, 2.75) is 25.0 Å². The van der Waals surface area contributed by atoms with Gasteiger partial charge in [0.1, 0.15) is 5.75 Å². The van der Waals surface area contributed by atoms with E-state index in [-0.39, 0.29) is 18.1 Å². The highest BCUT2D eigenvalue weighted by Gasteiger charge is 2.31. The van der Waals surface area contributed by atoms with Crippen molar-refractivity contribution < 1.29 is 23.8 Å². The summed E-state index contributed by atoms with van der Waals surface area (Å²) in [5.74, 6) is 0.0788. The molecule has 4 N–H and O–H groups in total. The first kappa shape index (κ1) is 23.1. The number of nitrogens with two attached hydrogens (primary N) is 1. The average molecular weight is 429 g/mol. The highest BCUT2D eigenvalue weighted by molar-refractivity contribution is 6.33. The van der Waals surface area contributed by atoms with Gasteiger partial charge >= 0.3 is 6.09 Å². The molecule has 0 radical (unpaired) electrons. The zero-order valence-corrected chi connectivity index (χ0v) is 17.8. The van der Waals surface area contributed by atoms with Gasteiger partial charge in [0.2, 0.25) is 0 Å². The van der Waals surface area contributed by atoms with E-state index in [1.807, 2.05) is 0 Å². The predicted molar refractivity (Wildman–Crippen MR) is 111 cm³/mol. The van der Waals surface area contributed by atoms with Gasteiger partial charge in [-0.2, -0.15) is 0 Å². The molecule has 0 aliphatic carbocycles. The van der Waals surface area contributed by atoms with Gasteiger partial charge in [-0.05, 0) is 18.9 Å². The number of amides is 2. The summed E-state index contributed by atoms with van der Waals surface area (Å²) in [6.45, 7) is 2.59. The molecule has 2 rings (SSSR count). The number of nitrogen functional groups attached to an aromatic ring is 1. The van der Waals surface area contributed by atoms with Gasteiger partial charge in [0.15, 0.2) is 0 Å². The smallest absolute Gasteiger partial charge is 0.406 e. The number of anilines is 1. The third-order valence-corrected chi connectivity index (χ3v) is 5.21. The molecule has 1 aliphatic rings. The molecule has 0 saturated carbocycles. The standard InChI is InChI=1S/C19H29ClN4O5/c1-22-19(26)29-8-4-6-24-7-5-15(17(11-24)28-3)23-18(25)12-9-13(20)14(21)10-16(12)27-2/h9-10,15,17H,4-8,11,21H2,1-3H3,(H,22,26)(H,23,25)/t15-,17+/m0/s1. The number of carbonyl (C=O) groups is 2. The molecule has 1 heterocycles. The number of likely N-dealkylation sites (tertiary alicyclic amines) is 1. The molecule has 10 heteroatoms. The van der Waals surface area contributed by atoms with Crippen LogP contribution in [0, 0.1) is 0 Å². The number of rotatable bonds is 8. The Hall–Kier alpha value is -2.23. The van der Waals surface area contributed by atoms with Gasteiger partial charge in [0.25, 0.3) is 5.91 Å². The van der Waals surface area contributed by atoms with Crippen LogP contribution < -0.4 is 21.1 Å². The molecule has 29 heavy (non-hydrogen) atoms. The van der Waals surface area contributed by atoms with Crippen molar-refractivity contribution in [2.24, 2.45) is 0 Å². The monoisotopic (exact) mass is 428 g/mol. The fourth-order valence-electron chi connectivity index (χ4n) is 3.27. The van der Waals surface area contributed by atoms with Crippen molar-refractivity contribution in [2.75, 3.05) is 53.2 Å². The molecule has 1 aliphatic heterocycles. The average Bonchev–Trinajstić information content (AvgIpc) is 2.73. The maximum atomic E-state index is 12.8. The maximum absolute atomic E-state index is 12.8. The lowest BCUT2D eigenvalue weighted by Crippen LogP contribution is -2.55. The number of methoxy groups -OCH3 is 2.